The van der Waals surface area contributed by atoms with Gasteiger partial charge in [-0.15, -0.1) is 0 Å². The smallest absolute Gasteiger partial charge is 0.387 e. The maximum Gasteiger partial charge on any atom is 0.387 e. The van der Waals surface area contributed by atoms with Gasteiger partial charge in [-0.1, -0.05) is 18.5 Å². The molecule has 0 spiro atoms. The number of methoxy groups -OCH3 is 1. The van der Waals surface area contributed by atoms with E-state index in [1.807, 2.05) is 6.92 Å². The van der Waals surface area contributed by atoms with Gasteiger partial charge >= 0.3 is 6.61 Å². The topological polar surface area (TPSA) is 44.5 Å². The number of hydrogen-bond acceptors (Lipinski definition) is 3. The van der Waals surface area contributed by atoms with Crippen LogP contribution in [0.1, 0.15) is 18.9 Å². The first-order chi connectivity index (χ1) is 8.47. The van der Waals surface area contributed by atoms with Gasteiger partial charge in [0.2, 0.25) is 0 Å². The lowest BCUT2D eigenvalue weighted by atomic mass is 10.0. The summed E-state index contributed by atoms with van der Waals surface area (Å²) < 4.78 is 34.3. The highest BCUT2D eigenvalue weighted by Crippen LogP contribution is 2.36. The molecule has 0 saturated carbocycles. The first-order valence-corrected chi connectivity index (χ1v) is 5.92. The zero-order valence-corrected chi connectivity index (χ0v) is 11.0. The minimum atomic E-state index is -2.92. The first kappa shape index (κ1) is 15.0. The normalized spacial score (nSPS) is 12.6. The molecule has 0 aliphatic rings. The van der Waals surface area contributed by atoms with Crippen LogP contribution in [-0.2, 0) is 6.42 Å². The summed E-state index contributed by atoms with van der Waals surface area (Å²) in [4.78, 5) is 0. The predicted molar refractivity (Wildman–Crippen MR) is 66.6 cm³/mol. The van der Waals surface area contributed by atoms with Gasteiger partial charge in [-0.2, -0.15) is 8.78 Å². The van der Waals surface area contributed by atoms with Crippen LogP contribution in [0.2, 0.25) is 5.02 Å². The van der Waals surface area contributed by atoms with Crippen molar-refractivity contribution < 1.29 is 18.3 Å². The molecular weight excluding hydrogens is 264 g/mol. The molecule has 0 amide bonds. The molecule has 1 rings (SSSR count). The Labute approximate surface area is 110 Å². The molecule has 0 saturated heterocycles. The zero-order chi connectivity index (χ0) is 13.7. The molecule has 1 atom stereocenters. The van der Waals surface area contributed by atoms with Crippen LogP contribution < -0.4 is 15.2 Å². The van der Waals surface area contributed by atoms with Crippen molar-refractivity contribution in [2.75, 3.05) is 7.11 Å². The molecule has 0 heterocycles. The molecule has 0 radical (unpaired) electrons. The summed E-state index contributed by atoms with van der Waals surface area (Å²) in [6.07, 6.45) is 1.12. The van der Waals surface area contributed by atoms with E-state index in [9.17, 15) is 8.78 Å². The fourth-order valence-electron chi connectivity index (χ4n) is 1.58. The fraction of sp³-hybridized carbons (Fsp3) is 0.500. The third-order valence-electron chi connectivity index (χ3n) is 2.53. The molecule has 3 nitrogen and oxygen atoms in total. The van der Waals surface area contributed by atoms with E-state index in [-0.39, 0.29) is 17.5 Å². The molecule has 0 aromatic heterocycles. The molecule has 6 heteroatoms. The summed E-state index contributed by atoms with van der Waals surface area (Å²) >= 11 is 5.90. The van der Waals surface area contributed by atoms with Crippen LogP contribution in [0, 0.1) is 0 Å². The van der Waals surface area contributed by atoms with E-state index in [1.54, 1.807) is 6.07 Å². The van der Waals surface area contributed by atoms with Gasteiger partial charge in [0.25, 0.3) is 0 Å². The highest BCUT2D eigenvalue weighted by Gasteiger charge is 2.18. The average Bonchev–Trinajstić information content (AvgIpc) is 2.31. The van der Waals surface area contributed by atoms with Crippen LogP contribution >= 0.6 is 11.6 Å². The number of alkyl halides is 2. The molecule has 2 N–H and O–H groups in total. The summed E-state index contributed by atoms with van der Waals surface area (Å²) in [5.41, 5.74) is 6.34. The predicted octanol–water partition coefficient (Wildman–Crippen LogP) is 3.23. The second-order valence-corrected chi connectivity index (χ2v) is 4.28. The van der Waals surface area contributed by atoms with Crippen LogP contribution in [-0.4, -0.2) is 19.8 Å². The van der Waals surface area contributed by atoms with Crippen molar-refractivity contribution in [2.45, 2.75) is 32.4 Å². The molecule has 0 aliphatic heterocycles. The van der Waals surface area contributed by atoms with Crippen molar-refractivity contribution in [1.29, 1.82) is 0 Å². The number of benzene rings is 1. The maximum absolute atomic E-state index is 12.4. The van der Waals surface area contributed by atoms with Gasteiger partial charge in [-0.25, -0.2) is 0 Å². The Balaban J connectivity index is 3.14. The van der Waals surface area contributed by atoms with E-state index in [2.05, 4.69) is 4.74 Å². The molecular formula is C12H16ClF2NO2. The van der Waals surface area contributed by atoms with E-state index in [0.717, 1.165) is 6.42 Å². The van der Waals surface area contributed by atoms with Gasteiger partial charge in [0.05, 0.1) is 7.11 Å². The van der Waals surface area contributed by atoms with Crippen molar-refractivity contribution in [3.8, 4) is 11.5 Å². The molecule has 1 unspecified atom stereocenters. The van der Waals surface area contributed by atoms with E-state index in [0.29, 0.717) is 17.0 Å². The van der Waals surface area contributed by atoms with Gasteiger partial charge in [-0.3, -0.25) is 0 Å². The Bertz CT molecular complexity index is 402. The number of rotatable bonds is 6. The van der Waals surface area contributed by atoms with E-state index >= 15 is 0 Å². The number of halogens is 3. The second-order valence-electron chi connectivity index (χ2n) is 3.85. The minimum absolute atomic E-state index is 0.000741. The van der Waals surface area contributed by atoms with Gasteiger partial charge in [0.1, 0.15) is 0 Å². The lowest BCUT2D eigenvalue weighted by molar-refractivity contribution is -0.0518. The largest absolute Gasteiger partial charge is 0.493 e. The van der Waals surface area contributed by atoms with Crippen LogP contribution in [0.4, 0.5) is 8.78 Å². The fourth-order valence-corrected chi connectivity index (χ4v) is 1.81. The van der Waals surface area contributed by atoms with Crippen molar-refractivity contribution in [3.63, 3.8) is 0 Å². The van der Waals surface area contributed by atoms with Crippen molar-refractivity contribution in [3.05, 3.63) is 22.7 Å². The molecule has 18 heavy (non-hydrogen) atoms. The summed E-state index contributed by atoms with van der Waals surface area (Å²) in [6, 6.07) is 2.85. The Morgan fingerprint density at radius 3 is 2.56 bits per heavy atom. The summed E-state index contributed by atoms with van der Waals surface area (Å²) in [5, 5.41) is 0.395. The van der Waals surface area contributed by atoms with Crippen LogP contribution in [0.3, 0.4) is 0 Å². The first-order valence-electron chi connectivity index (χ1n) is 5.54. The van der Waals surface area contributed by atoms with Crippen molar-refractivity contribution in [1.82, 2.24) is 0 Å². The van der Waals surface area contributed by atoms with Crippen LogP contribution in [0.25, 0.3) is 0 Å². The lowest BCUT2D eigenvalue weighted by Crippen LogP contribution is -2.22. The third-order valence-corrected chi connectivity index (χ3v) is 2.75. The SMILES string of the molecule is CCC(N)Cc1cc(Cl)cc(OC)c1OC(F)F. The summed E-state index contributed by atoms with van der Waals surface area (Å²) in [7, 11) is 1.37. The number of ether oxygens (including phenoxy) is 2. The summed E-state index contributed by atoms with van der Waals surface area (Å²) in [6.45, 7) is -1.00. The Morgan fingerprint density at radius 1 is 1.39 bits per heavy atom. The minimum Gasteiger partial charge on any atom is -0.493 e. The maximum atomic E-state index is 12.4. The standard InChI is InChI=1S/C12H16ClF2NO2/c1-3-9(16)5-7-4-8(13)6-10(17-2)11(7)18-12(14)15/h4,6,9,12H,3,5,16H2,1-2H3. The monoisotopic (exact) mass is 279 g/mol. The number of hydrogen-bond donors (Lipinski definition) is 1. The zero-order valence-electron chi connectivity index (χ0n) is 10.3. The van der Waals surface area contributed by atoms with Gasteiger partial charge in [0, 0.05) is 22.7 Å². The Morgan fingerprint density at radius 2 is 2.06 bits per heavy atom. The van der Waals surface area contributed by atoms with Crippen molar-refractivity contribution in [2.24, 2.45) is 5.73 Å². The Kier molecular flexibility index (Phi) is 5.62. The molecule has 102 valence electrons. The van der Waals surface area contributed by atoms with Gasteiger partial charge < -0.3 is 15.2 Å². The average molecular weight is 280 g/mol. The van der Waals surface area contributed by atoms with Gasteiger partial charge in [0.15, 0.2) is 11.5 Å². The molecule has 1 aromatic carbocycles. The van der Waals surface area contributed by atoms with E-state index in [4.69, 9.17) is 22.1 Å². The third kappa shape index (κ3) is 3.99. The van der Waals surface area contributed by atoms with E-state index < -0.39 is 6.61 Å². The highest BCUT2D eigenvalue weighted by atomic mass is 35.5. The Hall–Kier alpha value is -1.07. The molecule has 0 bridgehead atoms. The van der Waals surface area contributed by atoms with E-state index in [1.165, 1.54) is 13.2 Å². The second kappa shape index (κ2) is 6.75. The quantitative estimate of drug-likeness (QED) is 0.869. The van der Waals surface area contributed by atoms with Crippen molar-refractivity contribution >= 4 is 11.6 Å². The molecule has 0 fully saturated rings. The molecule has 0 aliphatic carbocycles. The summed E-state index contributed by atoms with van der Waals surface area (Å²) in [5.74, 6) is 0.182. The van der Waals surface area contributed by atoms with Crippen LogP contribution in [0.15, 0.2) is 12.1 Å². The molecule has 1 aromatic rings. The van der Waals surface area contributed by atoms with Gasteiger partial charge in [-0.05, 0) is 18.9 Å². The number of nitrogens with two attached hydrogens (primary N) is 1. The van der Waals surface area contributed by atoms with Crippen LogP contribution in [0.5, 0.6) is 11.5 Å². The lowest BCUT2D eigenvalue weighted by Gasteiger charge is -2.17. The highest BCUT2D eigenvalue weighted by molar-refractivity contribution is 6.30.